The number of carbonyl (C=O) groups excluding carboxylic acids is 2. The van der Waals surface area contributed by atoms with Gasteiger partial charge < -0.3 is 4.74 Å². The number of ether oxygens (including phenoxy) is 1. The lowest BCUT2D eigenvalue weighted by Crippen LogP contribution is -2.48. The van der Waals surface area contributed by atoms with Gasteiger partial charge in [0, 0.05) is 37.3 Å². The van der Waals surface area contributed by atoms with Crippen LogP contribution in [0.1, 0.15) is 19.3 Å². The lowest BCUT2D eigenvalue weighted by atomic mass is 9.81. The van der Waals surface area contributed by atoms with Crippen molar-refractivity contribution in [1.82, 2.24) is 4.90 Å². The number of imide groups is 1. The SMILES string of the molecule is O=C1CCSC(=O)N1CC1(CS)CCOCC1. The quantitative estimate of drug-likeness (QED) is 0.798. The normalized spacial score (nSPS) is 25.1. The molecule has 0 saturated carbocycles. The lowest BCUT2D eigenvalue weighted by Gasteiger charge is -2.40. The molecule has 0 bridgehead atoms. The van der Waals surface area contributed by atoms with E-state index in [0.29, 0.717) is 37.7 Å². The largest absolute Gasteiger partial charge is 0.381 e. The van der Waals surface area contributed by atoms with Crippen molar-refractivity contribution in [1.29, 1.82) is 0 Å². The van der Waals surface area contributed by atoms with Gasteiger partial charge in [-0.25, -0.2) is 0 Å². The highest BCUT2D eigenvalue weighted by Crippen LogP contribution is 2.34. The molecular weight excluding hydrogens is 258 g/mol. The zero-order chi connectivity index (χ0) is 12.3. The molecule has 0 aromatic heterocycles. The first-order chi connectivity index (χ1) is 8.17. The van der Waals surface area contributed by atoms with Crippen LogP contribution >= 0.6 is 24.4 Å². The summed E-state index contributed by atoms with van der Waals surface area (Å²) in [5.41, 5.74) is -0.0510. The van der Waals surface area contributed by atoms with Gasteiger partial charge in [-0.3, -0.25) is 14.5 Å². The number of rotatable bonds is 3. The Kier molecular flexibility index (Phi) is 4.38. The highest BCUT2D eigenvalue weighted by atomic mass is 32.2. The third kappa shape index (κ3) is 2.98. The predicted molar refractivity (Wildman–Crippen MR) is 70.5 cm³/mol. The van der Waals surface area contributed by atoms with Crippen molar-refractivity contribution >= 4 is 35.5 Å². The minimum atomic E-state index is -0.103. The molecule has 2 fully saturated rings. The Morgan fingerprint density at radius 2 is 2.06 bits per heavy atom. The molecule has 2 amide bonds. The van der Waals surface area contributed by atoms with E-state index >= 15 is 0 Å². The Bertz CT molecular complexity index is 300. The highest BCUT2D eigenvalue weighted by Gasteiger charge is 2.38. The Morgan fingerprint density at radius 3 is 2.65 bits per heavy atom. The van der Waals surface area contributed by atoms with Crippen LogP contribution in [0.25, 0.3) is 0 Å². The van der Waals surface area contributed by atoms with Crippen LogP contribution in [0.4, 0.5) is 4.79 Å². The van der Waals surface area contributed by atoms with Gasteiger partial charge in [0.05, 0.1) is 0 Å². The molecule has 0 spiro atoms. The number of thioether (sulfide) groups is 1. The zero-order valence-corrected chi connectivity index (χ0v) is 11.4. The predicted octanol–water partition coefficient (Wildman–Crippen LogP) is 1.80. The van der Waals surface area contributed by atoms with E-state index in [1.165, 1.54) is 16.7 Å². The van der Waals surface area contributed by atoms with Gasteiger partial charge in [0.1, 0.15) is 0 Å². The van der Waals surface area contributed by atoms with E-state index in [1.54, 1.807) is 0 Å². The van der Waals surface area contributed by atoms with E-state index in [0.717, 1.165) is 12.8 Å². The summed E-state index contributed by atoms with van der Waals surface area (Å²) in [7, 11) is 0. The lowest BCUT2D eigenvalue weighted by molar-refractivity contribution is -0.129. The van der Waals surface area contributed by atoms with Gasteiger partial charge in [0.2, 0.25) is 5.91 Å². The van der Waals surface area contributed by atoms with Gasteiger partial charge in [-0.2, -0.15) is 12.6 Å². The summed E-state index contributed by atoms with van der Waals surface area (Å²) in [5.74, 6) is 1.27. The first kappa shape index (κ1) is 13.2. The van der Waals surface area contributed by atoms with Crippen molar-refractivity contribution in [3.05, 3.63) is 0 Å². The van der Waals surface area contributed by atoms with Crippen molar-refractivity contribution in [2.45, 2.75) is 19.3 Å². The summed E-state index contributed by atoms with van der Waals surface area (Å²) in [4.78, 5) is 24.9. The van der Waals surface area contributed by atoms with E-state index in [2.05, 4.69) is 12.6 Å². The van der Waals surface area contributed by atoms with Gasteiger partial charge in [-0.15, -0.1) is 0 Å². The van der Waals surface area contributed by atoms with Crippen LogP contribution in [0.5, 0.6) is 0 Å². The maximum absolute atomic E-state index is 11.8. The number of thiol groups is 1. The fourth-order valence-electron chi connectivity index (χ4n) is 2.20. The van der Waals surface area contributed by atoms with Crippen molar-refractivity contribution < 1.29 is 14.3 Å². The molecule has 0 aliphatic carbocycles. The highest BCUT2D eigenvalue weighted by molar-refractivity contribution is 8.13. The molecule has 0 aromatic carbocycles. The van der Waals surface area contributed by atoms with E-state index in [9.17, 15) is 9.59 Å². The molecule has 96 valence electrons. The first-order valence-electron chi connectivity index (χ1n) is 5.83. The topological polar surface area (TPSA) is 46.6 Å². The van der Waals surface area contributed by atoms with Gasteiger partial charge in [0.25, 0.3) is 5.24 Å². The molecule has 0 aromatic rings. The van der Waals surface area contributed by atoms with Gasteiger partial charge >= 0.3 is 0 Å². The number of nitrogens with zero attached hydrogens (tertiary/aromatic N) is 1. The minimum absolute atomic E-state index is 0.0404. The number of hydrogen-bond acceptors (Lipinski definition) is 5. The standard InChI is InChI=1S/C11H17NO3S2/c13-9-1-6-17-10(14)12(9)7-11(8-16)2-4-15-5-3-11/h16H,1-8H2. The smallest absolute Gasteiger partial charge is 0.288 e. The van der Waals surface area contributed by atoms with E-state index in [1.807, 2.05) is 0 Å². The molecule has 2 saturated heterocycles. The van der Waals surface area contributed by atoms with Crippen LogP contribution in [0.2, 0.25) is 0 Å². The first-order valence-corrected chi connectivity index (χ1v) is 7.44. The van der Waals surface area contributed by atoms with E-state index in [-0.39, 0.29) is 16.6 Å². The van der Waals surface area contributed by atoms with Gasteiger partial charge in [-0.05, 0) is 18.6 Å². The molecule has 2 aliphatic rings. The summed E-state index contributed by atoms with van der Waals surface area (Å²) in [6, 6.07) is 0. The Morgan fingerprint density at radius 1 is 1.35 bits per heavy atom. The van der Waals surface area contributed by atoms with Crippen LogP contribution in [0.3, 0.4) is 0 Å². The molecule has 17 heavy (non-hydrogen) atoms. The van der Waals surface area contributed by atoms with Crippen molar-refractivity contribution in [2.24, 2.45) is 5.41 Å². The van der Waals surface area contributed by atoms with Crippen molar-refractivity contribution in [2.75, 3.05) is 31.3 Å². The van der Waals surface area contributed by atoms with Crippen LogP contribution in [-0.2, 0) is 9.53 Å². The summed E-state index contributed by atoms with van der Waals surface area (Å²) >= 11 is 5.63. The maximum Gasteiger partial charge on any atom is 0.288 e. The second kappa shape index (κ2) is 5.63. The Hall–Kier alpha value is -0.200. The molecular formula is C11H17NO3S2. The Balaban J connectivity index is 2.06. The zero-order valence-electron chi connectivity index (χ0n) is 9.68. The molecule has 0 atom stereocenters. The monoisotopic (exact) mass is 275 g/mol. The third-order valence-corrected chi connectivity index (χ3v) is 4.99. The number of hydrogen-bond donors (Lipinski definition) is 1. The van der Waals surface area contributed by atoms with Crippen molar-refractivity contribution in [3.63, 3.8) is 0 Å². The number of carbonyl (C=O) groups is 2. The Labute approximate surface area is 111 Å². The van der Waals surface area contributed by atoms with Crippen LogP contribution in [0, 0.1) is 5.41 Å². The summed E-state index contributed by atoms with van der Waals surface area (Å²) in [5, 5.41) is -0.103. The second-order valence-electron chi connectivity index (χ2n) is 4.61. The summed E-state index contributed by atoms with van der Waals surface area (Å²) in [6.07, 6.45) is 2.21. The molecule has 2 heterocycles. The average Bonchev–Trinajstić information content (AvgIpc) is 2.35. The summed E-state index contributed by atoms with van der Waals surface area (Å²) in [6.45, 7) is 1.90. The minimum Gasteiger partial charge on any atom is -0.381 e. The third-order valence-electron chi connectivity index (χ3n) is 3.45. The fourth-order valence-corrected chi connectivity index (χ4v) is 3.39. The second-order valence-corrected chi connectivity index (χ2v) is 5.98. The van der Waals surface area contributed by atoms with E-state index in [4.69, 9.17) is 4.74 Å². The molecule has 0 radical (unpaired) electrons. The molecule has 2 aliphatic heterocycles. The van der Waals surface area contributed by atoms with Gasteiger partial charge in [-0.1, -0.05) is 11.8 Å². The molecule has 2 rings (SSSR count). The average molecular weight is 275 g/mol. The van der Waals surface area contributed by atoms with E-state index < -0.39 is 0 Å². The molecule has 0 N–H and O–H groups in total. The fraction of sp³-hybridized carbons (Fsp3) is 0.818. The van der Waals surface area contributed by atoms with Crippen LogP contribution in [-0.4, -0.2) is 47.3 Å². The van der Waals surface area contributed by atoms with Gasteiger partial charge in [0.15, 0.2) is 0 Å². The maximum atomic E-state index is 11.8. The van der Waals surface area contributed by atoms with Crippen molar-refractivity contribution in [3.8, 4) is 0 Å². The van der Waals surface area contributed by atoms with Crippen LogP contribution < -0.4 is 0 Å². The summed E-state index contributed by atoms with van der Waals surface area (Å²) < 4.78 is 5.34. The number of amides is 2. The molecule has 0 unspecified atom stereocenters. The molecule has 4 nitrogen and oxygen atoms in total. The van der Waals surface area contributed by atoms with Crippen LogP contribution in [0.15, 0.2) is 0 Å². The molecule has 6 heteroatoms.